The number of hydrogen-bond donors (Lipinski definition) is 1. The van der Waals surface area contributed by atoms with Gasteiger partial charge in [0.15, 0.2) is 5.82 Å². The Hall–Kier alpha value is -0.940. The van der Waals surface area contributed by atoms with Crippen LogP contribution in [0, 0.1) is 6.92 Å². The first-order valence-corrected chi connectivity index (χ1v) is 8.38. The Morgan fingerprint density at radius 2 is 2.00 bits per heavy atom. The summed E-state index contributed by atoms with van der Waals surface area (Å²) >= 11 is 5.34. The van der Waals surface area contributed by atoms with Crippen molar-refractivity contribution < 1.29 is 0 Å². The number of nitrogens with one attached hydrogen (secondary N) is 1. The summed E-state index contributed by atoms with van der Waals surface area (Å²) in [6, 6.07) is 2.11. The fourth-order valence-corrected chi connectivity index (χ4v) is 3.70. The van der Waals surface area contributed by atoms with Crippen molar-refractivity contribution in [2.75, 3.05) is 11.9 Å². The smallest absolute Gasteiger partial charge is 0.172 e. The molecule has 5 heteroatoms. The van der Waals surface area contributed by atoms with Crippen LogP contribution < -0.4 is 5.32 Å². The molecule has 0 radical (unpaired) electrons. The molecule has 0 spiro atoms. The Morgan fingerprint density at radius 3 is 2.50 bits per heavy atom. The Morgan fingerprint density at radius 1 is 1.30 bits per heavy atom. The van der Waals surface area contributed by atoms with Crippen LogP contribution in [-0.4, -0.2) is 16.5 Å². The van der Waals surface area contributed by atoms with Crippen LogP contribution in [0.3, 0.4) is 0 Å². The third kappa shape index (κ3) is 3.04. The van der Waals surface area contributed by atoms with Crippen molar-refractivity contribution in [3.05, 3.63) is 27.2 Å². The van der Waals surface area contributed by atoms with Gasteiger partial charge in [-0.05, 0) is 46.8 Å². The van der Waals surface area contributed by atoms with Crippen molar-refractivity contribution in [3.63, 3.8) is 0 Å². The van der Waals surface area contributed by atoms with Crippen molar-refractivity contribution >= 4 is 33.1 Å². The highest BCUT2D eigenvalue weighted by atomic mass is 79.9. The molecule has 0 atom stereocenters. The molecule has 0 aliphatic carbocycles. The van der Waals surface area contributed by atoms with E-state index in [1.807, 2.05) is 0 Å². The summed E-state index contributed by atoms with van der Waals surface area (Å²) in [5.41, 5.74) is 2.22. The van der Waals surface area contributed by atoms with Gasteiger partial charge < -0.3 is 5.32 Å². The van der Waals surface area contributed by atoms with E-state index in [0.29, 0.717) is 0 Å². The van der Waals surface area contributed by atoms with Crippen LogP contribution in [0.2, 0.25) is 0 Å². The van der Waals surface area contributed by atoms with Crippen molar-refractivity contribution in [1.29, 1.82) is 0 Å². The molecule has 0 aromatic carbocycles. The first kappa shape index (κ1) is 15.4. The van der Waals surface area contributed by atoms with E-state index in [9.17, 15) is 0 Å². The first-order valence-electron chi connectivity index (χ1n) is 6.71. The zero-order valence-electron chi connectivity index (χ0n) is 12.5. The summed E-state index contributed by atoms with van der Waals surface area (Å²) in [5, 5.41) is 5.40. The van der Waals surface area contributed by atoms with Gasteiger partial charge in [-0.1, -0.05) is 20.8 Å². The van der Waals surface area contributed by atoms with Gasteiger partial charge in [0.25, 0.3) is 0 Å². The van der Waals surface area contributed by atoms with Crippen molar-refractivity contribution in [3.8, 4) is 10.7 Å². The van der Waals surface area contributed by atoms with Crippen LogP contribution in [0.25, 0.3) is 10.7 Å². The second-order valence-corrected chi connectivity index (χ2v) is 7.48. The predicted octanol–water partition coefficient (Wildman–Crippen LogP) is 5.01. The summed E-state index contributed by atoms with van der Waals surface area (Å²) in [4.78, 5) is 10.6. The third-order valence-corrected chi connectivity index (χ3v) is 4.73. The van der Waals surface area contributed by atoms with Crippen molar-refractivity contribution in [2.24, 2.45) is 0 Å². The lowest BCUT2D eigenvalue weighted by Crippen LogP contribution is -2.17. The summed E-state index contributed by atoms with van der Waals surface area (Å²) in [6.45, 7) is 11.5. The minimum Gasteiger partial charge on any atom is -0.369 e. The standard InChI is InChI=1S/C15H20BrN3S/c1-6-17-13-10(16)12(15(3,4)5)18-14(19-13)11-9(2)7-8-20-11/h7-8H,6H2,1-5H3,(H,17,18,19). The van der Waals surface area contributed by atoms with Gasteiger partial charge in [0.2, 0.25) is 0 Å². The quantitative estimate of drug-likeness (QED) is 0.842. The Bertz CT molecular complexity index is 614. The highest BCUT2D eigenvalue weighted by Crippen LogP contribution is 2.36. The summed E-state index contributed by atoms with van der Waals surface area (Å²) in [7, 11) is 0. The van der Waals surface area contributed by atoms with Gasteiger partial charge in [0, 0.05) is 12.0 Å². The lowest BCUT2D eigenvalue weighted by atomic mass is 9.92. The molecule has 0 amide bonds. The van der Waals surface area contributed by atoms with Gasteiger partial charge in [0.1, 0.15) is 5.82 Å². The maximum atomic E-state index is 4.80. The minimum absolute atomic E-state index is 0.0359. The zero-order chi connectivity index (χ0) is 14.9. The van der Waals surface area contributed by atoms with Crippen LogP contribution in [0.4, 0.5) is 5.82 Å². The van der Waals surface area contributed by atoms with Gasteiger partial charge in [-0.25, -0.2) is 9.97 Å². The topological polar surface area (TPSA) is 37.8 Å². The maximum absolute atomic E-state index is 4.80. The molecule has 0 unspecified atom stereocenters. The first-order chi connectivity index (χ1) is 9.34. The van der Waals surface area contributed by atoms with Gasteiger partial charge in [-0.2, -0.15) is 0 Å². The number of halogens is 1. The number of aromatic nitrogens is 2. The van der Waals surface area contributed by atoms with Gasteiger partial charge in [-0.15, -0.1) is 11.3 Å². The van der Waals surface area contributed by atoms with E-state index >= 15 is 0 Å². The SMILES string of the molecule is CCNc1nc(-c2sccc2C)nc(C(C)(C)C)c1Br. The van der Waals surface area contributed by atoms with Crippen molar-refractivity contribution in [1.82, 2.24) is 9.97 Å². The molecule has 2 heterocycles. The molecule has 0 fully saturated rings. The number of aryl methyl sites for hydroxylation is 1. The van der Waals surface area contributed by atoms with Crippen molar-refractivity contribution in [2.45, 2.75) is 40.0 Å². The minimum atomic E-state index is -0.0359. The number of thiophene rings is 1. The molecule has 3 nitrogen and oxygen atoms in total. The average Bonchev–Trinajstić information content (AvgIpc) is 2.77. The molecule has 2 aromatic heterocycles. The Labute approximate surface area is 133 Å². The molecule has 20 heavy (non-hydrogen) atoms. The van der Waals surface area contributed by atoms with Crippen LogP contribution in [0.15, 0.2) is 15.9 Å². The molecule has 2 aromatic rings. The summed E-state index contributed by atoms with van der Waals surface area (Å²) in [6.07, 6.45) is 0. The molecule has 0 bridgehead atoms. The van der Waals surface area contributed by atoms with E-state index in [2.05, 4.69) is 72.3 Å². The molecular weight excluding hydrogens is 334 g/mol. The maximum Gasteiger partial charge on any atom is 0.172 e. The number of rotatable bonds is 3. The second kappa shape index (κ2) is 5.82. The highest BCUT2D eigenvalue weighted by molar-refractivity contribution is 9.10. The molecule has 0 aliphatic rings. The van der Waals surface area contributed by atoms with Crippen LogP contribution in [-0.2, 0) is 5.41 Å². The van der Waals surface area contributed by atoms with Crippen LogP contribution in [0.1, 0.15) is 39.0 Å². The fourth-order valence-electron chi connectivity index (χ4n) is 1.93. The van der Waals surface area contributed by atoms with E-state index in [0.717, 1.165) is 33.2 Å². The monoisotopic (exact) mass is 353 g/mol. The highest BCUT2D eigenvalue weighted by Gasteiger charge is 2.24. The molecule has 108 valence electrons. The van der Waals surface area contributed by atoms with E-state index in [-0.39, 0.29) is 5.41 Å². The predicted molar refractivity (Wildman–Crippen MR) is 90.6 cm³/mol. The molecule has 2 rings (SSSR count). The Kier molecular flexibility index (Phi) is 4.49. The lowest BCUT2D eigenvalue weighted by molar-refractivity contribution is 0.564. The van der Waals surface area contributed by atoms with Gasteiger partial charge in [-0.3, -0.25) is 0 Å². The van der Waals surface area contributed by atoms with Crippen LogP contribution in [0.5, 0.6) is 0 Å². The number of nitrogens with zero attached hydrogens (tertiary/aromatic N) is 2. The van der Waals surface area contributed by atoms with E-state index in [4.69, 9.17) is 4.98 Å². The number of hydrogen-bond acceptors (Lipinski definition) is 4. The Balaban J connectivity index is 2.65. The molecule has 0 saturated heterocycles. The number of anilines is 1. The van der Waals surface area contributed by atoms with Gasteiger partial charge >= 0.3 is 0 Å². The normalized spacial score (nSPS) is 11.7. The fraction of sp³-hybridized carbons (Fsp3) is 0.467. The van der Waals surface area contributed by atoms with Gasteiger partial charge in [0.05, 0.1) is 15.0 Å². The lowest BCUT2D eigenvalue weighted by Gasteiger charge is -2.22. The van der Waals surface area contributed by atoms with E-state index in [1.165, 1.54) is 5.56 Å². The third-order valence-electron chi connectivity index (χ3n) is 2.97. The van der Waals surface area contributed by atoms with E-state index < -0.39 is 0 Å². The summed E-state index contributed by atoms with van der Waals surface area (Å²) < 4.78 is 0.963. The van der Waals surface area contributed by atoms with E-state index in [1.54, 1.807) is 11.3 Å². The zero-order valence-corrected chi connectivity index (χ0v) is 14.9. The summed E-state index contributed by atoms with van der Waals surface area (Å²) in [5.74, 6) is 1.68. The molecule has 0 aliphatic heterocycles. The second-order valence-electron chi connectivity index (χ2n) is 5.77. The molecule has 1 N–H and O–H groups in total. The molecule has 0 saturated carbocycles. The average molecular weight is 354 g/mol. The molecular formula is C15H20BrN3S. The largest absolute Gasteiger partial charge is 0.369 e. The van der Waals surface area contributed by atoms with Crippen LogP contribution >= 0.6 is 27.3 Å².